The first kappa shape index (κ1) is 10.4. The van der Waals surface area contributed by atoms with Crippen molar-refractivity contribution >= 4 is 11.2 Å². The van der Waals surface area contributed by atoms with Crippen molar-refractivity contribution in [2.75, 3.05) is 0 Å². The van der Waals surface area contributed by atoms with Gasteiger partial charge in [-0.3, -0.25) is 0 Å². The lowest BCUT2D eigenvalue weighted by atomic mass is 10.1. The Labute approximate surface area is 104 Å². The zero-order valence-electron chi connectivity index (χ0n) is 9.56. The summed E-state index contributed by atoms with van der Waals surface area (Å²) in [5, 5.41) is 3.62. The third-order valence-electron chi connectivity index (χ3n) is 2.84. The van der Waals surface area contributed by atoms with Crippen molar-refractivity contribution in [2.45, 2.75) is 0 Å². The van der Waals surface area contributed by atoms with Crippen LogP contribution in [0.4, 0.5) is 5.69 Å². The predicted octanol–water partition coefficient (Wildman–Crippen LogP) is 4.55. The summed E-state index contributed by atoms with van der Waals surface area (Å²) >= 11 is 0. The minimum Gasteiger partial charge on any atom is -0.323 e. The summed E-state index contributed by atoms with van der Waals surface area (Å²) in [5.41, 5.74) is 12.4. The van der Waals surface area contributed by atoms with Gasteiger partial charge in [-0.25, -0.2) is 0 Å². The molecule has 0 aliphatic carbocycles. The third-order valence-corrected chi connectivity index (χ3v) is 2.84. The smallest absolute Gasteiger partial charge is 0.0456 e. The van der Waals surface area contributed by atoms with E-state index in [1.165, 1.54) is 0 Å². The van der Waals surface area contributed by atoms with Crippen molar-refractivity contribution in [3.63, 3.8) is 0 Å². The molecule has 3 aromatic rings. The number of pyridine rings is 1. The van der Waals surface area contributed by atoms with Gasteiger partial charge >= 0.3 is 0 Å². The van der Waals surface area contributed by atoms with Crippen molar-refractivity contribution in [2.24, 2.45) is 5.11 Å². The van der Waals surface area contributed by atoms with Gasteiger partial charge in [0.05, 0.1) is 0 Å². The number of fused-ring (bicyclic) bond motifs is 1. The summed E-state index contributed by atoms with van der Waals surface area (Å²) in [4.78, 5) is 2.80. The molecule has 2 heterocycles. The Morgan fingerprint density at radius 1 is 1.00 bits per heavy atom. The van der Waals surface area contributed by atoms with E-state index in [4.69, 9.17) is 5.53 Å². The van der Waals surface area contributed by atoms with Crippen molar-refractivity contribution in [3.05, 3.63) is 71.4 Å². The molecule has 0 saturated carbocycles. The molecular weight excluding hydrogens is 224 g/mol. The summed E-state index contributed by atoms with van der Waals surface area (Å²) in [6.45, 7) is 0. The molecule has 0 unspecified atom stereocenters. The van der Waals surface area contributed by atoms with Gasteiger partial charge in [0.25, 0.3) is 0 Å². The fourth-order valence-corrected chi connectivity index (χ4v) is 2.01. The van der Waals surface area contributed by atoms with E-state index in [0.717, 1.165) is 16.6 Å². The minimum atomic E-state index is 0.630. The highest BCUT2D eigenvalue weighted by Gasteiger charge is 2.02. The Morgan fingerprint density at radius 3 is 2.78 bits per heavy atom. The molecule has 0 aliphatic heterocycles. The number of hydrogen-bond acceptors (Lipinski definition) is 1. The van der Waals surface area contributed by atoms with Crippen LogP contribution in [0.5, 0.6) is 0 Å². The van der Waals surface area contributed by atoms with Crippen LogP contribution in [0, 0.1) is 0 Å². The van der Waals surface area contributed by atoms with Gasteiger partial charge in [0.15, 0.2) is 0 Å². The monoisotopic (exact) mass is 234 g/mol. The van der Waals surface area contributed by atoms with E-state index in [0.29, 0.717) is 5.69 Å². The molecule has 86 valence electrons. The molecule has 0 saturated heterocycles. The van der Waals surface area contributed by atoms with E-state index in [2.05, 4.69) is 32.8 Å². The van der Waals surface area contributed by atoms with Crippen molar-refractivity contribution in [1.29, 1.82) is 0 Å². The predicted molar refractivity (Wildman–Crippen MR) is 71.6 cm³/mol. The molecule has 2 aromatic heterocycles. The Kier molecular flexibility index (Phi) is 2.48. The van der Waals surface area contributed by atoms with Crippen LogP contribution in [0.25, 0.3) is 27.1 Å². The topological polar surface area (TPSA) is 53.2 Å². The van der Waals surface area contributed by atoms with Crippen LogP contribution >= 0.6 is 0 Å². The van der Waals surface area contributed by atoms with Crippen LogP contribution in [0.1, 0.15) is 0 Å². The lowest BCUT2D eigenvalue weighted by Crippen LogP contribution is -1.76. The summed E-state index contributed by atoms with van der Waals surface area (Å²) in [7, 11) is 0. The van der Waals surface area contributed by atoms with Gasteiger partial charge in [-0.15, -0.1) is 0 Å². The second-order valence-electron chi connectivity index (χ2n) is 4.00. The highest BCUT2D eigenvalue weighted by atomic mass is 15.1. The average Bonchev–Trinajstić information content (AvgIpc) is 2.83. The first-order chi connectivity index (χ1) is 8.86. The van der Waals surface area contributed by atoms with Crippen LogP contribution < -0.4 is 0 Å². The standard InChI is InChI=1S/C14H10N4/c15-17-16-13-5-3-4-11(8-13)12-9-14-6-1-2-7-18(14)10-12/h1-10H. The van der Waals surface area contributed by atoms with Crippen molar-refractivity contribution in [1.82, 2.24) is 4.40 Å². The fraction of sp³-hybridized carbons (Fsp3) is 0. The second-order valence-corrected chi connectivity index (χ2v) is 4.00. The molecule has 0 N–H and O–H groups in total. The quantitative estimate of drug-likeness (QED) is 0.355. The average molecular weight is 234 g/mol. The molecule has 4 nitrogen and oxygen atoms in total. The zero-order chi connectivity index (χ0) is 12.4. The Bertz CT molecular complexity index is 718. The molecule has 0 atom stereocenters. The SMILES string of the molecule is [N-]=[N+]=Nc1cccc(-c2cc3ccccn3c2)c1. The van der Waals surface area contributed by atoms with Crippen LogP contribution in [0.3, 0.4) is 0 Å². The van der Waals surface area contributed by atoms with Crippen molar-refractivity contribution in [3.8, 4) is 11.1 Å². The maximum absolute atomic E-state index is 8.45. The van der Waals surface area contributed by atoms with Crippen LogP contribution in [-0.2, 0) is 0 Å². The molecule has 0 bridgehead atoms. The van der Waals surface area contributed by atoms with Crippen LogP contribution in [0.15, 0.2) is 66.0 Å². The fourth-order valence-electron chi connectivity index (χ4n) is 2.01. The van der Waals surface area contributed by atoms with Gasteiger partial charge in [0.1, 0.15) is 0 Å². The molecule has 0 amide bonds. The summed E-state index contributed by atoms with van der Waals surface area (Å²) in [6, 6.07) is 15.7. The Hall–Kier alpha value is -2.71. The summed E-state index contributed by atoms with van der Waals surface area (Å²) in [5.74, 6) is 0. The van der Waals surface area contributed by atoms with Crippen LogP contribution in [0.2, 0.25) is 0 Å². The highest BCUT2D eigenvalue weighted by molar-refractivity contribution is 5.72. The first-order valence-electron chi connectivity index (χ1n) is 5.59. The van der Waals surface area contributed by atoms with Gasteiger partial charge in [0, 0.05) is 34.1 Å². The van der Waals surface area contributed by atoms with Gasteiger partial charge < -0.3 is 4.40 Å². The van der Waals surface area contributed by atoms with E-state index >= 15 is 0 Å². The lowest BCUT2D eigenvalue weighted by Gasteiger charge is -1.98. The molecule has 4 heteroatoms. The number of hydrogen-bond donors (Lipinski definition) is 0. The maximum Gasteiger partial charge on any atom is 0.0456 e. The summed E-state index contributed by atoms with van der Waals surface area (Å²) < 4.78 is 2.07. The number of benzene rings is 1. The maximum atomic E-state index is 8.45. The largest absolute Gasteiger partial charge is 0.323 e. The molecule has 0 aliphatic rings. The highest BCUT2D eigenvalue weighted by Crippen LogP contribution is 2.26. The number of aromatic nitrogens is 1. The summed E-state index contributed by atoms with van der Waals surface area (Å²) in [6.07, 6.45) is 4.07. The van der Waals surface area contributed by atoms with Gasteiger partial charge in [0.2, 0.25) is 0 Å². The zero-order valence-corrected chi connectivity index (χ0v) is 9.56. The van der Waals surface area contributed by atoms with Crippen molar-refractivity contribution < 1.29 is 0 Å². The molecule has 1 aromatic carbocycles. The molecule has 0 fully saturated rings. The lowest BCUT2D eigenvalue weighted by molar-refractivity contribution is 1.20. The van der Waals surface area contributed by atoms with E-state index in [-0.39, 0.29) is 0 Å². The third kappa shape index (κ3) is 1.81. The van der Waals surface area contributed by atoms with Crippen LogP contribution in [-0.4, -0.2) is 4.40 Å². The normalized spacial score (nSPS) is 10.2. The van der Waals surface area contributed by atoms with E-state index in [1.807, 2.05) is 36.5 Å². The van der Waals surface area contributed by atoms with E-state index in [9.17, 15) is 0 Å². The number of azide groups is 1. The van der Waals surface area contributed by atoms with E-state index < -0.39 is 0 Å². The number of nitrogens with zero attached hydrogens (tertiary/aromatic N) is 4. The van der Waals surface area contributed by atoms with E-state index in [1.54, 1.807) is 6.07 Å². The Morgan fingerprint density at radius 2 is 1.94 bits per heavy atom. The second kappa shape index (κ2) is 4.28. The van der Waals surface area contributed by atoms with Gasteiger partial charge in [-0.05, 0) is 35.4 Å². The first-order valence-corrected chi connectivity index (χ1v) is 5.59. The molecule has 18 heavy (non-hydrogen) atoms. The van der Waals surface area contributed by atoms with Gasteiger partial charge in [-0.2, -0.15) is 0 Å². The molecule has 3 rings (SSSR count). The minimum absolute atomic E-state index is 0.630. The molecule has 0 spiro atoms. The molecular formula is C14H10N4. The molecule has 0 radical (unpaired) electrons. The number of rotatable bonds is 2. The van der Waals surface area contributed by atoms with Gasteiger partial charge in [-0.1, -0.05) is 29.4 Å². The Balaban J connectivity index is 2.13.